The number of aryl methyl sites for hydroxylation is 2. The van der Waals surface area contributed by atoms with E-state index in [4.69, 9.17) is 16.9 Å². The average Bonchev–Trinajstić information content (AvgIpc) is 3.40. The molecule has 0 saturated heterocycles. The summed E-state index contributed by atoms with van der Waals surface area (Å²) in [4.78, 5) is 40.7. The van der Waals surface area contributed by atoms with E-state index in [1.165, 1.54) is 28.5 Å². The fraction of sp³-hybridized carbons (Fsp3) is 0.250. The van der Waals surface area contributed by atoms with E-state index < -0.39 is 17.7 Å². The molecule has 18 heteroatoms. The zero-order valence-electron chi connectivity index (χ0n) is 17.9. The summed E-state index contributed by atoms with van der Waals surface area (Å²) in [6, 6.07) is 2.75. The molecule has 0 bridgehead atoms. The predicted octanol–water partition coefficient (Wildman–Crippen LogP) is -0.742. The van der Waals surface area contributed by atoms with Gasteiger partial charge in [-0.25, -0.2) is 0 Å². The minimum atomic E-state index is -0.635. The molecule has 0 unspecified atom stereocenters. The third-order valence-corrected chi connectivity index (χ3v) is 4.11. The number of nitrogen functional groups attached to an aromatic ring is 1. The van der Waals surface area contributed by atoms with Crippen LogP contribution in [0.5, 0.6) is 0 Å². The lowest BCUT2D eigenvalue weighted by molar-refractivity contribution is 0.0943. The molecule has 3 rings (SSSR count). The van der Waals surface area contributed by atoms with Crippen LogP contribution in [0.4, 0.5) is 17.6 Å². The summed E-state index contributed by atoms with van der Waals surface area (Å²) in [5.74, 6) is -1.63. The number of aromatic nitrogens is 7. The largest absolute Gasteiger partial charge is 0.388 e. The number of rotatable bonds is 8. The maximum Gasteiger partial charge on any atom is 0.294 e. The molecule has 3 aromatic heterocycles. The smallest absolute Gasteiger partial charge is 0.294 e. The highest BCUT2D eigenvalue weighted by atomic mass is 35.5. The van der Waals surface area contributed by atoms with Crippen LogP contribution in [0.15, 0.2) is 12.1 Å². The van der Waals surface area contributed by atoms with E-state index >= 15 is 0 Å². The van der Waals surface area contributed by atoms with Crippen molar-refractivity contribution in [3.63, 3.8) is 0 Å². The molecule has 0 spiro atoms. The Morgan fingerprint density at radius 3 is 2.03 bits per heavy atom. The van der Waals surface area contributed by atoms with Crippen LogP contribution in [0.25, 0.3) is 0 Å². The van der Waals surface area contributed by atoms with Crippen molar-refractivity contribution < 1.29 is 14.4 Å². The average molecular weight is 516 g/mol. The second-order valence-corrected chi connectivity index (χ2v) is 6.56. The minimum absolute atomic E-state index is 0. The summed E-state index contributed by atoms with van der Waals surface area (Å²) in [6.07, 6.45) is 0.219. The topological polar surface area (TPSA) is 240 Å². The van der Waals surface area contributed by atoms with Crippen LogP contribution in [0.3, 0.4) is 0 Å². The van der Waals surface area contributed by atoms with Crippen LogP contribution in [0.2, 0.25) is 0 Å². The van der Waals surface area contributed by atoms with Gasteiger partial charge in [0, 0.05) is 39.2 Å². The number of nitrogens with zero attached hydrogens (tertiary/aromatic N) is 6. The Balaban J connectivity index is 0.00000289. The van der Waals surface area contributed by atoms with Gasteiger partial charge >= 0.3 is 0 Å². The van der Waals surface area contributed by atoms with E-state index in [0.717, 1.165) is 0 Å². The monoisotopic (exact) mass is 515 g/mol. The van der Waals surface area contributed by atoms with E-state index in [0.29, 0.717) is 0 Å². The molecule has 184 valence electrons. The quantitative estimate of drug-likeness (QED) is 0.147. The third kappa shape index (κ3) is 6.66. The lowest BCUT2D eigenvalue weighted by atomic mass is 10.3. The Labute approximate surface area is 204 Å². The van der Waals surface area contributed by atoms with Crippen molar-refractivity contribution in [3.8, 4) is 0 Å². The molecule has 0 atom stereocenters. The normalized spacial score (nSPS) is 9.94. The molecule has 9 N–H and O–H groups in total. The Hall–Kier alpha value is -4.18. The molecule has 0 aromatic carbocycles. The highest BCUT2D eigenvalue weighted by Crippen LogP contribution is 2.14. The Morgan fingerprint density at radius 2 is 1.53 bits per heavy atom. The summed E-state index contributed by atoms with van der Waals surface area (Å²) in [5.41, 5.74) is 10.9. The van der Waals surface area contributed by atoms with Gasteiger partial charge in [-0.1, -0.05) is 0 Å². The molecule has 34 heavy (non-hydrogen) atoms. The number of carbonyl (C=O) groups excluding carboxylic acids is 3. The van der Waals surface area contributed by atoms with Gasteiger partial charge in [0.05, 0.1) is 5.84 Å². The van der Waals surface area contributed by atoms with Crippen LogP contribution in [0.1, 0.15) is 38.0 Å². The molecule has 0 aliphatic carbocycles. The standard InChI is InChI=1S/C16H21N13O3.2ClH/c1-28-7(13(30)20-4-3-9(17)18)5-10(26-28)21-14(31)8-6-11(27-29(8)2)22-15(32)12-23-16(19)25-24-12;;/h5-6H,3-4H2,1-2H3,(H3,17,18)(H,20,30)(H,21,26,31)(H,22,27,32)(H3,19,23,24,25);2*1H. The molecule has 3 heterocycles. The van der Waals surface area contributed by atoms with Crippen LogP contribution in [-0.4, -0.2) is 64.8 Å². The fourth-order valence-corrected chi connectivity index (χ4v) is 2.62. The molecule has 0 fully saturated rings. The van der Waals surface area contributed by atoms with E-state index in [-0.39, 0.29) is 78.4 Å². The van der Waals surface area contributed by atoms with Crippen molar-refractivity contribution in [2.45, 2.75) is 6.42 Å². The van der Waals surface area contributed by atoms with Gasteiger partial charge in [-0.3, -0.25) is 34.3 Å². The molecular weight excluding hydrogens is 493 g/mol. The summed E-state index contributed by atoms with van der Waals surface area (Å²) in [5, 5.41) is 28.9. The maximum atomic E-state index is 12.6. The number of H-pyrrole nitrogens is 1. The first-order chi connectivity index (χ1) is 15.1. The van der Waals surface area contributed by atoms with Gasteiger partial charge in [0.2, 0.25) is 11.8 Å². The van der Waals surface area contributed by atoms with Crippen LogP contribution < -0.4 is 27.4 Å². The van der Waals surface area contributed by atoms with E-state index in [9.17, 15) is 14.4 Å². The van der Waals surface area contributed by atoms with Gasteiger partial charge in [-0.2, -0.15) is 15.2 Å². The zero-order chi connectivity index (χ0) is 23.4. The van der Waals surface area contributed by atoms with Gasteiger partial charge in [0.15, 0.2) is 11.6 Å². The predicted molar refractivity (Wildman–Crippen MR) is 126 cm³/mol. The van der Waals surface area contributed by atoms with E-state index in [2.05, 4.69) is 41.3 Å². The lowest BCUT2D eigenvalue weighted by Gasteiger charge is -2.03. The Kier molecular flexibility index (Phi) is 9.52. The molecular formula is C16H23Cl2N13O3. The van der Waals surface area contributed by atoms with Crippen LogP contribution in [0, 0.1) is 5.41 Å². The Morgan fingerprint density at radius 1 is 1.00 bits per heavy atom. The highest BCUT2D eigenvalue weighted by molar-refractivity contribution is 6.05. The number of nitrogens with two attached hydrogens (primary N) is 2. The second-order valence-electron chi connectivity index (χ2n) is 6.56. The lowest BCUT2D eigenvalue weighted by Crippen LogP contribution is -2.29. The molecule has 0 aliphatic rings. The maximum absolute atomic E-state index is 12.6. The molecule has 0 aliphatic heterocycles. The van der Waals surface area contributed by atoms with Crippen molar-refractivity contribution in [1.29, 1.82) is 5.41 Å². The van der Waals surface area contributed by atoms with E-state index in [1.807, 2.05) is 0 Å². The van der Waals surface area contributed by atoms with Crippen molar-refractivity contribution >= 4 is 66.0 Å². The van der Waals surface area contributed by atoms with Gasteiger partial charge in [-0.05, 0) is 0 Å². The Bertz CT molecular complexity index is 1200. The number of nitrogens with one attached hydrogen (secondary N) is 5. The first kappa shape index (κ1) is 27.9. The van der Waals surface area contributed by atoms with Crippen molar-refractivity contribution in [2.75, 3.05) is 22.9 Å². The number of amides is 3. The first-order valence-electron chi connectivity index (χ1n) is 9.13. The van der Waals surface area contributed by atoms with Gasteiger partial charge in [0.25, 0.3) is 17.7 Å². The zero-order valence-corrected chi connectivity index (χ0v) is 19.6. The number of halogens is 2. The SMILES string of the molecule is Cl.Cl.Cn1nc(NC(=O)c2cc(NC(=O)c3nc(N)n[nH]3)nn2C)cc1C(=O)NCCC(=N)N. The minimum Gasteiger partial charge on any atom is -0.388 e. The highest BCUT2D eigenvalue weighted by Gasteiger charge is 2.19. The molecule has 16 nitrogen and oxygen atoms in total. The summed E-state index contributed by atoms with van der Waals surface area (Å²) >= 11 is 0. The van der Waals surface area contributed by atoms with Crippen molar-refractivity contribution in [1.82, 2.24) is 40.1 Å². The van der Waals surface area contributed by atoms with Gasteiger partial charge in [-0.15, -0.1) is 29.9 Å². The van der Waals surface area contributed by atoms with Crippen molar-refractivity contribution in [2.24, 2.45) is 19.8 Å². The molecule has 3 aromatic rings. The fourth-order valence-electron chi connectivity index (χ4n) is 2.62. The molecule has 0 saturated carbocycles. The summed E-state index contributed by atoms with van der Waals surface area (Å²) in [6.45, 7) is 0.200. The van der Waals surface area contributed by atoms with Crippen molar-refractivity contribution in [3.05, 3.63) is 29.3 Å². The molecule has 3 amide bonds. The van der Waals surface area contributed by atoms with E-state index in [1.54, 1.807) is 7.05 Å². The first-order valence-corrected chi connectivity index (χ1v) is 9.13. The summed E-state index contributed by atoms with van der Waals surface area (Å²) < 4.78 is 2.56. The second kappa shape index (κ2) is 11.6. The number of amidine groups is 1. The van der Waals surface area contributed by atoms with Crippen LogP contribution >= 0.6 is 24.8 Å². The van der Waals surface area contributed by atoms with Crippen LogP contribution in [-0.2, 0) is 14.1 Å². The summed E-state index contributed by atoms with van der Waals surface area (Å²) in [7, 11) is 3.06. The van der Waals surface area contributed by atoms with Gasteiger partial charge in [0.1, 0.15) is 11.4 Å². The number of hydrogen-bond acceptors (Lipinski definition) is 9. The van der Waals surface area contributed by atoms with Gasteiger partial charge < -0.3 is 27.4 Å². The number of hydrogen-bond donors (Lipinski definition) is 7. The number of aromatic amines is 1. The molecule has 0 radical (unpaired) electrons. The number of carbonyl (C=O) groups is 3. The third-order valence-electron chi connectivity index (χ3n) is 4.11. The number of anilines is 3.